The van der Waals surface area contributed by atoms with Crippen molar-refractivity contribution in [2.45, 2.75) is 18.2 Å². The molecule has 1 saturated heterocycles. The summed E-state index contributed by atoms with van der Waals surface area (Å²) in [4.78, 5) is 33.8. The Hall–Kier alpha value is -3.36. The number of amides is 2. The van der Waals surface area contributed by atoms with E-state index in [1.807, 2.05) is 42.5 Å². The quantitative estimate of drug-likeness (QED) is 0.362. The minimum atomic E-state index is -0.0159. The molecule has 35 heavy (non-hydrogen) atoms. The predicted octanol–water partition coefficient (Wildman–Crippen LogP) is 4.27. The minimum Gasteiger partial charge on any atom is -0.396 e. The first-order valence-electron chi connectivity index (χ1n) is 11.8. The van der Waals surface area contributed by atoms with E-state index >= 15 is 0 Å². The van der Waals surface area contributed by atoms with Gasteiger partial charge in [-0.3, -0.25) is 9.59 Å². The number of hydrogen-bond acceptors (Lipinski definition) is 6. The second-order valence-electron chi connectivity index (χ2n) is 8.36. The summed E-state index contributed by atoms with van der Waals surface area (Å²) in [5.74, 6) is 1.66. The number of carbonyl (C=O) groups excluding carboxylic acids is 2. The van der Waals surface area contributed by atoms with E-state index < -0.39 is 0 Å². The molecule has 1 aromatic heterocycles. The number of carbonyl (C=O) groups is 2. The van der Waals surface area contributed by atoms with Gasteiger partial charge >= 0.3 is 0 Å². The molecule has 3 aromatic rings. The Morgan fingerprint density at radius 1 is 0.943 bits per heavy atom. The molecule has 182 valence electrons. The largest absolute Gasteiger partial charge is 0.396 e. The number of aliphatic hydroxyl groups excluding tert-OH is 1. The maximum absolute atomic E-state index is 12.8. The number of pyridine rings is 1. The van der Waals surface area contributed by atoms with Gasteiger partial charge in [-0.15, -0.1) is 11.8 Å². The van der Waals surface area contributed by atoms with E-state index in [4.69, 9.17) is 10.1 Å². The van der Waals surface area contributed by atoms with Gasteiger partial charge in [0.15, 0.2) is 0 Å². The first-order valence-corrected chi connectivity index (χ1v) is 12.7. The zero-order chi connectivity index (χ0) is 24.6. The Labute approximate surface area is 210 Å². The van der Waals surface area contributed by atoms with Gasteiger partial charge in [0.05, 0.1) is 5.69 Å². The summed E-state index contributed by atoms with van der Waals surface area (Å²) in [5.41, 5.74) is 3.39. The molecule has 2 N–H and O–H groups in total. The smallest absolute Gasteiger partial charge is 0.253 e. The molecule has 4 rings (SSSR count). The number of hydrogen-bond donors (Lipinski definition) is 2. The van der Waals surface area contributed by atoms with Crippen molar-refractivity contribution >= 4 is 35.1 Å². The van der Waals surface area contributed by atoms with Crippen LogP contribution in [0.2, 0.25) is 0 Å². The molecule has 2 amide bonds. The van der Waals surface area contributed by atoms with Crippen LogP contribution in [-0.4, -0.2) is 70.2 Å². The van der Waals surface area contributed by atoms with Crippen LogP contribution in [0.5, 0.6) is 0 Å². The highest BCUT2D eigenvalue weighted by Crippen LogP contribution is 2.25. The normalized spacial score (nSPS) is 13.5. The van der Waals surface area contributed by atoms with E-state index in [2.05, 4.69) is 29.6 Å². The monoisotopic (exact) mass is 490 g/mol. The molecule has 1 fully saturated rings. The third-order valence-electron chi connectivity index (χ3n) is 5.89. The van der Waals surface area contributed by atoms with E-state index in [0.717, 1.165) is 34.9 Å². The lowest BCUT2D eigenvalue weighted by atomic mass is 10.1. The fourth-order valence-corrected chi connectivity index (χ4v) is 4.73. The average Bonchev–Trinajstić information content (AvgIpc) is 2.89. The number of thioether (sulfide) groups is 1. The van der Waals surface area contributed by atoms with Crippen LogP contribution < -0.4 is 5.32 Å². The van der Waals surface area contributed by atoms with Crippen LogP contribution in [0.25, 0.3) is 11.3 Å². The Bertz CT molecular complexity index is 1140. The van der Waals surface area contributed by atoms with Gasteiger partial charge in [-0.05, 0) is 55.0 Å². The van der Waals surface area contributed by atoms with Crippen LogP contribution in [0.3, 0.4) is 0 Å². The molecule has 2 heterocycles. The molecule has 2 aromatic carbocycles. The predicted molar refractivity (Wildman–Crippen MR) is 140 cm³/mol. The number of benzene rings is 2. The fraction of sp³-hybridized carbons (Fsp3) is 0.296. The number of rotatable bonds is 8. The SMILES string of the molecule is CC(=O)N1CCN(C(=O)c2ccc(Nc3cccc(-c4ccc(SCCCO)cc4)n3)cc2)CC1. The van der Waals surface area contributed by atoms with E-state index in [-0.39, 0.29) is 18.4 Å². The summed E-state index contributed by atoms with van der Waals surface area (Å²) in [6, 6.07) is 21.5. The third-order valence-corrected chi connectivity index (χ3v) is 6.99. The molecule has 0 bridgehead atoms. The highest BCUT2D eigenvalue weighted by molar-refractivity contribution is 7.99. The van der Waals surface area contributed by atoms with Gasteiger partial charge < -0.3 is 20.2 Å². The minimum absolute atomic E-state index is 0.0159. The zero-order valence-electron chi connectivity index (χ0n) is 19.8. The molecule has 0 radical (unpaired) electrons. The van der Waals surface area contributed by atoms with Crippen molar-refractivity contribution in [3.8, 4) is 11.3 Å². The van der Waals surface area contributed by atoms with Gasteiger partial charge in [-0.2, -0.15) is 0 Å². The lowest BCUT2D eigenvalue weighted by Gasteiger charge is -2.34. The van der Waals surface area contributed by atoms with E-state index in [9.17, 15) is 9.59 Å². The molecule has 1 aliphatic heterocycles. The molecule has 0 aliphatic carbocycles. The Balaban J connectivity index is 1.36. The van der Waals surface area contributed by atoms with Crippen LogP contribution in [-0.2, 0) is 4.79 Å². The zero-order valence-corrected chi connectivity index (χ0v) is 20.6. The highest BCUT2D eigenvalue weighted by Gasteiger charge is 2.23. The topological polar surface area (TPSA) is 85.8 Å². The van der Waals surface area contributed by atoms with Crippen molar-refractivity contribution in [2.24, 2.45) is 0 Å². The summed E-state index contributed by atoms with van der Waals surface area (Å²) >= 11 is 1.73. The second-order valence-corrected chi connectivity index (χ2v) is 9.53. The number of aromatic nitrogens is 1. The maximum Gasteiger partial charge on any atom is 0.253 e. The van der Waals surface area contributed by atoms with Crippen molar-refractivity contribution in [3.63, 3.8) is 0 Å². The molecule has 0 spiro atoms. The standard InChI is InChI=1S/C27H30N4O3S/c1-20(33)30-14-16-31(17-15-30)27(34)22-6-10-23(11-7-22)28-26-5-2-4-25(29-26)21-8-12-24(13-9-21)35-19-3-18-32/h2,4-13,32H,3,14-19H2,1H3,(H,28,29). The molecular weight excluding hydrogens is 460 g/mol. The number of anilines is 2. The molecular formula is C27H30N4O3S. The van der Waals surface area contributed by atoms with Gasteiger partial charge in [-0.1, -0.05) is 18.2 Å². The molecule has 0 atom stereocenters. The lowest BCUT2D eigenvalue weighted by molar-refractivity contribution is -0.130. The number of nitrogens with one attached hydrogen (secondary N) is 1. The van der Waals surface area contributed by atoms with E-state index in [1.165, 1.54) is 4.90 Å². The molecule has 7 nitrogen and oxygen atoms in total. The summed E-state index contributed by atoms with van der Waals surface area (Å²) in [7, 11) is 0. The number of nitrogens with zero attached hydrogens (tertiary/aromatic N) is 3. The third kappa shape index (κ3) is 6.61. The van der Waals surface area contributed by atoms with Crippen molar-refractivity contribution in [3.05, 3.63) is 72.3 Å². The fourth-order valence-electron chi connectivity index (χ4n) is 3.89. The van der Waals surface area contributed by atoms with Crippen LogP contribution in [0.1, 0.15) is 23.7 Å². The highest BCUT2D eigenvalue weighted by atomic mass is 32.2. The summed E-state index contributed by atoms with van der Waals surface area (Å²) in [6.45, 7) is 4.04. The van der Waals surface area contributed by atoms with Gasteiger partial charge in [0.25, 0.3) is 5.91 Å². The van der Waals surface area contributed by atoms with Gasteiger partial charge in [0.2, 0.25) is 5.91 Å². The van der Waals surface area contributed by atoms with Crippen LogP contribution >= 0.6 is 11.8 Å². The van der Waals surface area contributed by atoms with Crippen molar-refractivity contribution in [1.29, 1.82) is 0 Å². The first kappa shape index (κ1) is 24.8. The first-order chi connectivity index (χ1) is 17.0. The second kappa shape index (κ2) is 11.9. The van der Waals surface area contributed by atoms with E-state index in [0.29, 0.717) is 31.7 Å². The van der Waals surface area contributed by atoms with Crippen molar-refractivity contribution in [2.75, 3.05) is 43.9 Å². The number of aliphatic hydroxyl groups is 1. The van der Waals surface area contributed by atoms with Gasteiger partial charge in [-0.25, -0.2) is 4.98 Å². The average molecular weight is 491 g/mol. The van der Waals surface area contributed by atoms with Crippen LogP contribution in [0.4, 0.5) is 11.5 Å². The molecule has 8 heteroatoms. The van der Waals surface area contributed by atoms with Crippen molar-refractivity contribution in [1.82, 2.24) is 14.8 Å². The molecule has 0 saturated carbocycles. The van der Waals surface area contributed by atoms with Crippen LogP contribution in [0, 0.1) is 0 Å². The van der Waals surface area contributed by atoms with Crippen LogP contribution in [0.15, 0.2) is 71.6 Å². The lowest BCUT2D eigenvalue weighted by Crippen LogP contribution is -2.50. The summed E-state index contributed by atoms with van der Waals surface area (Å²) < 4.78 is 0. The summed E-state index contributed by atoms with van der Waals surface area (Å²) in [5, 5.41) is 12.2. The Morgan fingerprint density at radius 2 is 1.63 bits per heavy atom. The van der Waals surface area contributed by atoms with Gasteiger partial charge in [0, 0.05) is 67.2 Å². The van der Waals surface area contributed by atoms with Gasteiger partial charge in [0.1, 0.15) is 5.82 Å². The summed E-state index contributed by atoms with van der Waals surface area (Å²) in [6.07, 6.45) is 0.787. The Kier molecular flexibility index (Phi) is 8.39. The Morgan fingerprint density at radius 3 is 2.29 bits per heavy atom. The molecule has 0 unspecified atom stereocenters. The molecule has 1 aliphatic rings. The maximum atomic E-state index is 12.8. The number of piperazine rings is 1. The van der Waals surface area contributed by atoms with Crippen molar-refractivity contribution < 1.29 is 14.7 Å². The van der Waals surface area contributed by atoms with E-state index in [1.54, 1.807) is 28.5 Å².